The highest BCUT2D eigenvalue weighted by atomic mass is 28.4. The molecule has 0 amide bonds. The van der Waals surface area contributed by atoms with Crippen molar-refractivity contribution in [2.45, 2.75) is 83.7 Å². The second kappa shape index (κ2) is 7.00. The third-order valence-electron chi connectivity index (χ3n) is 4.38. The van der Waals surface area contributed by atoms with E-state index in [1.165, 1.54) is 6.92 Å². The van der Waals surface area contributed by atoms with Gasteiger partial charge < -0.3 is 13.9 Å². The molecule has 4 unspecified atom stereocenters. The fraction of sp³-hybridized carbons (Fsp3) is 0.929. The molecule has 0 aliphatic carbocycles. The summed E-state index contributed by atoms with van der Waals surface area (Å²) in [6.45, 7) is 13.9. The molecule has 1 rings (SSSR count). The molecule has 0 aromatic heterocycles. The third-order valence-corrected chi connectivity index (χ3v) is 8.84. The summed E-state index contributed by atoms with van der Waals surface area (Å²) in [5.74, 6) is -0.414. The molecule has 126 valence electrons. The van der Waals surface area contributed by atoms with E-state index in [0.29, 0.717) is 6.42 Å². The minimum Gasteiger partial charge on any atom is -0.459 e. The van der Waals surface area contributed by atoms with Crippen LogP contribution >= 0.6 is 0 Å². The summed E-state index contributed by atoms with van der Waals surface area (Å²) in [6, 6.07) is -0.479. The molecule has 0 aromatic rings. The standard InChI is InChI=1S/C14H27N3O4Si/c1-9-13(20-10(2)18)11(16-17-15)8-12(19-9)21-22(6,7)14(3,4)5/h9,11-13H,8H2,1-7H3. The topological polar surface area (TPSA) is 93.5 Å². The summed E-state index contributed by atoms with van der Waals surface area (Å²) in [5, 5.41) is 3.83. The smallest absolute Gasteiger partial charge is 0.303 e. The Labute approximate surface area is 133 Å². The molecule has 1 aliphatic heterocycles. The molecule has 4 atom stereocenters. The number of hydrogen-bond donors (Lipinski definition) is 0. The van der Waals surface area contributed by atoms with Crippen LogP contribution in [0.3, 0.4) is 0 Å². The van der Waals surface area contributed by atoms with Gasteiger partial charge in [-0.1, -0.05) is 25.9 Å². The minimum atomic E-state index is -2.00. The second-order valence-corrected chi connectivity index (χ2v) is 12.0. The van der Waals surface area contributed by atoms with Crippen molar-refractivity contribution in [3.63, 3.8) is 0 Å². The van der Waals surface area contributed by atoms with E-state index in [2.05, 4.69) is 43.9 Å². The second-order valence-electron chi connectivity index (χ2n) is 7.23. The average molecular weight is 329 g/mol. The lowest BCUT2D eigenvalue weighted by Crippen LogP contribution is -2.53. The molecule has 0 bridgehead atoms. The van der Waals surface area contributed by atoms with Crippen molar-refractivity contribution in [3.8, 4) is 0 Å². The van der Waals surface area contributed by atoms with Crippen LogP contribution in [0.25, 0.3) is 10.4 Å². The molecule has 0 radical (unpaired) electrons. The largest absolute Gasteiger partial charge is 0.459 e. The van der Waals surface area contributed by atoms with E-state index in [4.69, 9.17) is 19.4 Å². The Morgan fingerprint density at radius 1 is 1.41 bits per heavy atom. The van der Waals surface area contributed by atoms with Crippen LogP contribution in [-0.2, 0) is 18.7 Å². The van der Waals surface area contributed by atoms with E-state index in [1.807, 2.05) is 0 Å². The fourth-order valence-corrected chi connectivity index (χ4v) is 3.31. The van der Waals surface area contributed by atoms with Gasteiger partial charge in [0.25, 0.3) is 0 Å². The number of ether oxygens (including phenoxy) is 2. The predicted molar refractivity (Wildman–Crippen MR) is 85.7 cm³/mol. The third kappa shape index (κ3) is 4.71. The Kier molecular flexibility index (Phi) is 6.03. The summed E-state index contributed by atoms with van der Waals surface area (Å²) in [6.07, 6.45) is -1.02. The number of carbonyl (C=O) groups is 1. The molecule has 1 fully saturated rings. The summed E-state index contributed by atoms with van der Waals surface area (Å²) in [4.78, 5) is 14.1. The number of esters is 1. The van der Waals surface area contributed by atoms with Gasteiger partial charge in [0.1, 0.15) is 12.4 Å². The van der Waals surface area contributed by atoms with Crippen LogP contribution in [0.5, 0.6) is 0 Å². The Morgan fingerprint density at radius 2 is 2.00 bits per heavy atom. The van der Waals surface area contributed by atoms with Crippen molar-refractivity contribution in [3.05, 3.63) is 10.4 Å². The number of rotatable bonds is 4. The summed E-state index contributed by atoms with van der Waals surface area (Å²) >= 11 is 0. The van der Waals surface area contributed by atoms with Crippen molar-refractivity contribution in [2.75, 3.05) is 0 Å². The number of hydrogen-bond acceptors (Lipinski definition) is 5. The molecule has 0 spiro atoms. The van der Waals surface area contributed by atoms with Crippen molar-refractivity contribution in [1.29, 1.82) is 0 Å². The van der Waals surface area contributed by atoms with Crippen LogP contribution in [-0.4, -0.2) is 38.8 Å². The van der Waals surface area contributed by atoms with Crippen LogP contribution in [0, 0.1) is 0 Å². The molecule has 22 heavy (non-hydrogen) atoms. The van der Waals surface area contributed by atoms with E-state index < -0.39 is 32.7 Å². The maximum absolute atomic E-state index is 11.2. The Morgan fingerprint density at radius 3 is 2.45 bits per heavy atom. The highest BCUT2D eigenvalue weighted by molar-refractivity contribution is 6.74. The highest BCUT2D eigenvalue weighted by Crippen LogP contribution is 2.39. The van der Waals surface area contributed by atoms with Gasteiger partial charge in [0.05, 0.1) is 12.1 Å². The van der Waals surface area contributed by atoms with E-state index in [-0.39, 0.29) is 11.1 Å². The van der Waals surface area contributed by atoms with Gasteiger partial charge in [-0.3, -0.25) is 4.79 Å². The molecule has 0 saturated carbocycles. The Hall–Kier alpha value is -1.08. The van der Waals surface area contributed by atoms with Crippen molar-refractivity contribution >= 4 is 14.3 Å². The molecule has 1 saturated heterocycles. The molecule has 1 heterocycles. The van der Waals surface area contributed by atoms with E-state index >= 15 is 0 Å². The summed E-state index contributed by atoms with van der Waals surface area (Å²) in [5.41, 5.74) is 8.75. The number of azide groups is 1. The molecule has 1 aliphatic rings. The van der Waals surface area contributed by atoms with Gasteiger partial charge in [0.15, 0.2) is 8.32 Å². The SMILES string of the molecule is CC(=O)OC1C(N=[N+]=[N-])CC(O[Si](C)(C)C(C)(C)C)OC1C. The molecule has 0 aromatic carbocycles. The lowest BCUT2D eigenvalue weighted by molar-refractivity contribution is -0.205. The van der Waals surface area contributed by atoms with E-state index in [1.54, 1.807) is 6.92 Å². The van der Waals surface area contributed by atoms with Crippen molar-refractivity contribution in [1.82, 2.24) is 0 Å². The molecular weight excluding hydrogens is 302 g/mol. The zero-order chi connectivity index (χ0) is 17.1. The highest BCUT2D eigenvalue weighted by Gasteiger charge is 2.44. The average Bonchev–Trinajstić information content (AvgIpc) is 2.31. The molecular formula is C14H27N3O4Si. The van der Waals surface area contributed by atoms with Gasteiger partial charge in [0.2, 0.25) is 0 Å². The monoisotopic (exact) mass is 329 g/mol. The molecule has 0 N–H and O–H groups in total. The quantitative estimate of drug-likeness (QED) is 0.258. The fourth-order valence-electron chi connectivity index (χ4n) is 2.14. The van der Waals surface area contributed by atoms with Gasteiger partial charge in [-0.2, -0.15) is 0 Å². The first-order valence-corrected chi connectivity index (χ1v) is 10.4. The van der Waals surface area contributed by atoms with Gasteiger partial charge in [-0.05, 0) is 30.6 Å². The summed E-state index contributed by atoms with van der Waals surface area (Å²) < 4.78 is 17.3. The first-order chi connectivity index (χ1) is 9.98. The summed E-state index contributed by atoms with van der Waals surface area (Å²) in [7, 11) is -2.00. The van der Waals surface area contributed by atoms with Crippen LogP contribution in [0.2, 0.25) is 18.1 Å². The maximum Gasteiger partial charge on any atom is 0.303 e. The Balaban J connectivity index is 2.87. The van der Waals surface area contributed by atoms with Gasteiger partial charge in [-0.15, -0.1) is 0 Å². The van der Waals surface area contributed by atoms with Gasteiger partial charge in [0, 0.05) is 18.3 Å². The van der Waals surface area contributed by atoms with Gasteiger partial charge >= 0.3 is 5.97 Å². The van der Waals surface area contributed by atoms with Crippen LogP contribution in [0.15, 0.2) is 5.11 Å². The lowest BCUT2D eigenvalue weighted by Gasteiger charge is -2.44. The van der Waals surface area contributed by atoms with E-state index in [9.17, 15) is 4.79 Å². The van der Waals surface area contributed by atoms with Crippen molar-refractivity contribution < 1.29 is 18.7 Å². The van der Waals surface area contributed by atoms with Crippen LogP contribution in [0.1, 0.15) is 41.0 Å². The van der Waals surface area contributed by atoms with Crippen molar-refractivity contribution in [2.24, 2.45) is 5.11 Å². The maximum atomic E-state index is 11.2. The number of nitrogens with zero attached hydrogens (tertiary/aromatic N) is 3. The lowest BCUT2D eigenvalue weighted by atomic mass is 10.0. The Bertz CT molecular complexity index is 457. The molecule has 8 heteroatoms. The van der Waals surface area contributed by atoms with Crippen LogP contribution in [0.4, 0.5) is 0 Å². The first-order valence-electron chi connectivity index (χ1n) is 7.52. The van der Waals surface area contributed by atoms with Gasteiger partial charge in [-0.25, -0.2) is 0 Å². The predicted octanol–water partition coefficient (Wildman–Crippen LogP) is 3.75. The minimum absolute atomic E-state index is 0.0559. The normalized spacial score (nSPS) is 29.6. The number of carbonyl (C=O) groups excluding carboxylic acids is 1. The van der Waals surface area contributed by atoms with Crippen LogP contribution < -0.4 is 0 Å². The molecule has 7 nitrogen and oxygen atoms in total. The zero-order valence-electron chi connectivity index (χ0n) is 14.5. The first kappa shape index (κ1) is 19.0. The van der Waals surface area contributed by atoms with E-state index in [0.717, 1.165) is 0 Å². The zero-order valence-corrected chi connectivity index (χ0v) is 15.5.